The minimum Gasteiger partial charge on any atom is -0.496 e. The van der Waals surface area contributed by atoms with Crippen LogP contribution in [0.1, 0.15) is 17.2 Å². The molecule has 0 bridgehead atoms. The van der Waals surface area contributed by atoms with Gasteiger partial charge in [-0.3, -0.25) is 4.79 Å². The van der Waals surface area contributed by atoms with Crippen LogP contribution >= 0.6 is 27.7 Å². The van der Waals surface area contributed by atoms with Crippen LogP contribution in [-0.4, -0.2) is 23.4 Å². The maximum atomic E-state index is 12.8. The molecule has 2 atom stereocenters. The number of fused-ring (bicyclic) bond motifs is 1. The summed E-state index contributed by atoms with van der Waals surface area (Å²) in [7, 11) is 1.45. The molecule has 0 spiro atoms. The molecular weight excluding hydrogens is 435 g/mol. The number of nitrogens with one attached hydrogen (secondary N) is 1. The summed E-state index contributed by atoms with van der Waals surface area (Å²) in [6.07, 6.45) is -5.70. The van der Waals surface area contributed by atoms with E-state index in [-0.39, 0.29) is 5.69 Å². The molecule has 2 N–H and O–H groups in total. The van der Waals surface area contributed by atoms with Gasteiger partial charge in [-0.2, -0.15) is 13.2 Å². The van der Waals surface area contributed by atoms with Gasteiger partial charge in [-0.25, -0.2) is 0 Å². The lowest BCUT2D eigenvalue weighted by atomic mass is 10.0. The fourth-order valence-corrected chi connectivity index (χ4v) is 4.09. The van der Waals surface area contributed by atoms with Gasteiger partial charge in [-0.1, -0.05) is 15.9 Å². The van der Waals surface area contributed by atoms with E-state index in [9.17, 15) is 23.1 Å². The van der Waals surface area contributed by atoms with Crippen molar-refractivity contribution in [2.24, 2.45) is 0 Å². The van der Waals surface area contributed by atoms with Crippen molar-refractivity contribution in [3.05, 3.63) is 52.0 Å². The predicted octanol–water partition coefficient (Wildman–Crippen LogP) is 4.62. The van der Waals surface area contributed by atoms with Gasteiger partial charge in [-0.05, 0) is 36.4 Å². The summed E-state index contributed by atoms with van der Waals surface area (Å²) in [5, 5.41) is 12.2. The number of aliphatic hydroxyl groups is 1. The molecule has 1 heterocycles. The molecule has 26 heavy (non-hydrogen) atoms. The van der Waals surface area contributed by atoms with Gasteiger partial charge in [0.25, 0.3) is 0 Å². The Bertz CT molecular complexity index is 860. The van der Waals surface area contributed by atoms with Crippen molar-refractivity contribution in [2.45, 2.75) is 22.4 Å². The molecule has 4 nitrogen and oxygen atoms in total. The number of carbonyl (C=O) groups is 1. The second-order valence-electron chi connectivity index (χ2n) is 5.57. The van der Waals surface area contributed by atoms with E-state index in [1.54, 1.807) is 18.2 Å². The van der Waals surface area contributed by atoms with Gasteiger partial charge < -0.3 is 15.2 Å². The van der Waals surface area contributed by atoms with Crippen molar-refractivity contribution in [2.75, 3.05) is 12.4 Å². The Morgan fingerprint density at radius 1 is 1.27 bits per heavy atom. The molecule has 0 unspecified atom stereocenters. The number of thioether (sulfide) groups is 1. The third-order valence-corrected chi connectivity index (χ3v) is 5.70. The van der Waals surface area contributed by atoms with E-state index >= 15 is 0 Å². The van der Waals surface area contributed by atoms with Crippen LogP contribution in [0, 0.1) is 0 Å². The van der Waals surface area contributed by atoms with Gasteiger partial charge in [-0.15, -0.1) is 11.8 Å². The van der Waals surface area contributed by atoms with Gasteiger partial charge in [0.15, 0.2) is 0 Å². The standard InChI is InChI=1S/C17H13BrF3NO3S/c1-25-12-4-3-9(18)7-10(12)14(23)15-16(24)22-11-6-8(17(19,20)21)2-5-13(11)26-15/h2-7,14-15,23H,1H3,(H,22,24)/t14-,15+/m1/s1. The molecule has 138 valence electrons. The molecule has 2 aromatic carbocycles. The van der Waals surface area contributed by atoms with Crippen LogP contribution < -0.4 is 10.1 Å². The Morgan fingerprint density at radius 2 is 2.00 bits per heavy atom. The molecule has 2 aromatic rings. The Labute approximate surface area is 159 Å². The van der Waals surface area contributed by atoms with Crippen LogP contribution in [0.15, 0.2) is 45.8 Å². The highest BCUT2D eigenvalue weighted by molar-refractivity contribution is 9.10. The summed E-state index contributed by atoms with van der Waals surface area (Å²) in [4.78, 5) is 12.8. The van der Waals surface area contributed by atoms with Crippen LogP contribution in [0.3, 0.4) is 0 Å². The Balaban J connectivity index is 1.92. The van der Waals surface area contributed by atoms with E-state index in [2.05, 4.69) is 21.2 Å². The third-order valence-electron chi connectivity index (χ3n) is 3.87. The number of aliphatic hydroxyl groups excluding tert-OH is 1. The summed E-state index contributed by atoms with van der Waals surface area (Å²) >= 11 is 4.32. The van der Waals surface area contributed by atoms with Gasteiger partial charge in [0.1, 0.15) is 17.1 Å². The zero-order valence-electron chi connectivity index (χ0n) is 13.3. The van der Waals surface area contributed by atoms with E-state index < -0.39 is 29.0 Å². The van der Waals surface area contributed by atoms with E-state index in [0.29, 0.717) is 20.7 Å². The maximum Gasteiger partial charge on any atom is 0.416 e. The van der Waals surface area contributed by atoms with Crippen molar-refractivity contribution >= 4 is 39.3 Å². The lowest BCUT2D eigenvalue weighted by Gasteiger charge is -2.29. The van der Waals surface area contributed by atoms with Gasteiger partial charge >= 0.3 is 6.18 Å². The number of hydrogen-bond donors (Lipinski definition) is 2. The van der Waals surface area contributed by atoms with E-state index in [1.165, 1.54) is 13.2 Å². The molecule has 0 saturated carbocycles. The van der Waals surface area contributed by atoms with Gasteiger partial charge in [0.2, 0.25) is 5.91 Å². The molecular formula is C17H13BrF3NO3S. The summed E-state index contributed by atoms with van der Waals surface area (Å²) in [5.41, 5.74) is -0.353. The Kier molecular flexibility index (Phi) is 5.23. The number of hydrogen-bond acceptors (Lipinski definition) is 4. The first kappa shape index (κ1) is 19.1. The van der Waals surface area contributed by atoms with Crippen molar-refractivity contribution < 1.29 is 27.8 Å². The van der Waals surface area contributed by atoms with Crippen molar-refractivity contribution in [3.8, 4) is 5.75 Å². The number of ether oxygens (including phenoxy) is 1. The molecule has 1 aliphatic heterocycles. The smallest absolute Gasteiger partial charge is 0.416 e. The highest BCUT2D eigenvalue weighted by Gasteiger charge is 2.37. The first-order chi connectivity index (χ1) is 12.2. The molecule has 1 amide bonds. The number of anilines is 1. The average Bonchev–Trinajstić information content (AvgIpc) is 2.59. The lowest BCUT2D eigenvalue weighted by molar-refractivity contribution is -0.137. The second-order valence-corrected chi connectivity index (χ2v) is 7.67. The molecule has 0 aliphatic carbocycles. The third kappa shape index (κ3) is 3.70. The quantitative estimate of drug-likeness (QED) is 0.720. The second kappa shape index (κ2) is 7.13. The number of rotatable bonds is 3. The highest BCUT2D eigenvalue weighted by atomic mass is 79.9. The topological polar surface area (TPSA) is 58.6 Å². The monoisotopic (exact) mass is 447 g/mol. The van der Waals surface area contributed by atoms with Crippen molar-refractivity contribution in [1.29, 1.82) is 0 Å². The highest BCUT2D eigenvalue weighted by Crippen LogP contribution is 2.44. The Morgan fingerprint density at radius 3 is 2.65 bits per heavy atom. The van der Waals surface area contributed by atoms with Crippen LogP contribution in [0.2, 0.25) is 0 Å². The Hall–Kier alpha value is -1.71. The minimum absolute atomic E-state index is 0.0829. The largest absolute Gasteiger partial charge is 0.496 e. The zero-order valence-corrected chi connectivity index (χ0v) is 15.7. The molecule has 0 aromatic heterocycles. The van der Waals surface area contributed by atoms with E-state index in [1.807, 2.05) is 0 Å². The minimum atomic E-state index is -4.50. The lowest BCUT2D eigenvalue weighted by Crippen LogP contribution is -2.34. The summed E-state index contributed by atoms with van der Waals surface area (Å²) in [5.74, 6) is -0.163. The van der Waals surface area contributed by atoms with E-state index in [4.69, 9.17) is 4.74 Å². The number of benzene rings is 2. The number of carbonyl (C=O) groups excluding carboxylic acids is 1. The number of amides is 1. The van der Waals surface area contributed by atoms with Crippen LogP contribution in [0.4, 0.5) is 18.9 Å². The molecule has 0 saturated heterocycles. The van der Waals surface area contributed by atoms with Crippen molar-refractivity contribution in [1.82, 2.24) is 0 Å². The van der Waals surface area contributed by atoms with Crippen molar-refractivity contribution in [3.63, 3.8) is 0 Å². The fourth-order valence-electron chi connectivity index (χ4n) is 2.61. The molecule has 0 fully saturated rings. The maximum absolute atomic E-state index is 12.8. The van der Waals surface area contributed by atoms with Gasteiger partial charge in [0.05, 0.1) is 18.4 Å². The molecule has 9 heteroatoms. The number of methoxy groups -OCH3 is 1. The predicted molar refractivity (Wildman–Crippen MR) is 95.4 cm³/mol. The first-order valence-electron chi connectivity index (χ1n) is 7.41. The van der Waals surface area contributed by atoms with Crippen LogP contribution in [0.5, 0.6) is 5.75 Å². The molecule has 0 radical (unpaired) electrons. The summed E-state index contributed by atoms with van der Waals surface area (Å²) < 4.78 is 44.4. The zero-order chi connectivity index (χ0) is 19.1. The summed E-state index contributed by atoms with van der Waals surface area (Å²) in [6.45, 7) is 0. The number of alkyl halides is 3. The first-order valence-corrected chi connectivity index (χ1v) is 9.08. The van der Waals surface area contributed by atoms with Crippen LogP contribution in [-0.2, 0) is 11.0 Å². The fraction of sp³-hybridized carbons (Fsp3) is 0.235. The van der Waals surface area contributed by atoms with E-state index in [0.717, 1.165) is 23.9 Å². The normalized spacial score (nSPS) is 18.1. The van der Waals surface area contributed by atoms with Gasteiger partial charge in [0, 0.05) is 14.9 Å². The van der Waals surface area contributed by atoms with Crippen LogP contribution in [0.25, 0.3) is 0 Å². The summed E-state index contributed by atoms with van der Waals surface area (Å²) in [6, 6.07) is 8.16. The number of halogens is 4. The molecule has 3 rings (SSSR count). The molecule has 1 aliphatic rings. The SMILES string of the molecule is COc1ccc(Br)cc1[C@@H](O)[C@@H]1Sc2ccc(C(F)(F)F)cc2NC1=O. The average molecular weight is 448 g/mol.